The third kappa shape index (κ3) is 3.74. The van der Waals surface area contributed by atoms with Crippen molar-refractivity contribution in [3.8, 4) is 0 Å². The van der Waals surface area contributed by atoms with E-state index in [0.717, 1.165) is 12.8 Å². The van der Waals surface area contributed by atoms with Gasteiger partial charge in [0, 0.05) is 18.5 Å². The highest BCUT2D eigenvalue weighted by atomic mass is 16.4. The summed E-state index contributed by atoms with van der Waals surface area (Å²) in [6, 6.07) is 0.618. The molecule has 1 aliphatic carbocycles. The van der Waals surface area contributed by atoms with E-state index in [1.165, 1.54) is 0 Å². The Bertz CT molecular complexity index is 178. The fourth-order valence-electron chi connectivity index (χ4n) is 1.55. The molecule has 1 fully saturated rings. The lowest BCUT2D eigenvalue weighted by Crippen LogP contribution is -2.47. The standard InChI is InChI=1S/C9H17NO3/c1-6(2-3-9(12)13)10-7-4-8(11)5-7/h6-8,10-11H,2-5H2,1H3,(H,12,13). The molecule has 0 aromatic rings. The molecule has 0 spiro atoms. The summed E-state index contributed by atoms with van der Waals surface area (Å²) in [4.78, 5) is 10.3. The van der Waals surface area contributed by atoms with Gasteiger partial charge in [0.2, 0.25) is 0 Å². The zero-order valence-corrected chi connectivity index (χ0v) is 7.86. The van der Waals surface area contributed by atoms with Crippen LogP contribution in [0.25, 0.3) is 0 Å². The number of carboxylic acids is 1. The summed E-state index contributed by atoms with van der Waals surface area (Å²) < 4.78 is 0. The number of hydrogen-bond acceptors (Lipinski definition) is 3. The second-order valence-corrected chi connectivity index (χ2v) is 3.82. The highest BCUT2D eigenvalue weighted by Gasteiger charge is 2.27. The normalized spacial score (nSPS) is 29.4. The fraction of sp³-hybridized carbons (Fsp3) is 0.889. The van der Waals surface area contributed by atoms with Gasteiger partial charge in [0.1, 0.15) is 0 Å². The maximum atomic E-state index is 10.3. The first-order valence-corrected chi connectivity index (χ1v) is 4.74. The molecule has 1 unspecified atom stereocenters. The monoisotopic (exact) mass is 187 g/mol. The molecule has 1 saturated carbocycles. The van der Waals surface area contributed by atoms with Crippen molar-refractivity contribution in [3.63, 3.8) is 0 Å². The van der Waals surface area contributed by atoms with Gasteiger partial charge in [-0.15, -0.1) is 0 Å². The summed E-state index contributed by atoms with van der Waals surface area (Å²) in [7, 11) is 0. The van der Waals surface area contributed by atoms with Gasteiger partial charge in [-0.2, -0.15) is 0 Å². The molecule has 0 aromatic carbocycles. The van der Waals surface area contributed by atoms with E-state index in [-0.39, 0.29) is 18.6 Å². The van der Waals surface area contributed by atoms with E-state index in [4.69, 9.17) is 10.2 Å². The Balaban J connectivity index is 2.04. The molecule has 4 heteroatoms. The third-order valence-corrected chi connectivity index (χ3v) is 2.42. The highest BCUT2D eigenvalue weighted by Crippen LogP contribution is 2.20. The van der Waals surface area contributed by atoms with Crippen LogP contribution in [0.15, 0.2) is 0 Å². The second-order valence-electron chi connectivity index (χ2n) is 3.82. The van der Waals surface area contributed by atoms with Crippen LogP contribution in [0.1, 0.15) is 32.6 Å². The lowest BCUT2D eigenvalue weighted by Gasteiger charge is -2.34. The number of nitrogens with one attached hydrogen (secondary N) is 1. The van der Waals surface area contributed by atoms with Crippen LogP contribution in [0.5, 0.6) is 0 Å². The number of hydrogen-bond donors (Lipinski definition) is 3. The van der Waals surface area contributed by atoms with Crippen LogP contribution in [-0.4, -0.2) is 34.4 Å². The van der Waals surface area contributed by atoms with Crippen LogP contribution in [0.3, 0.4) is 0 Å². The Morgan fingerprint density at radius 2 is 2.23 bits per heavy atom. The summed E-state index contributed by atoms with van der Waals surface area (Å²) in [5.74, 6) is -0.748. The zero-order valence-electron chi connectivity index (χ0n) is 7.86. The molecule has 0 radical (unpaired) electrons. The van der Waals surface area contributed by atoms with Gasteiger partial charge in [0.15, 0.2) is 0 Å². The van der Waals surface area contributed by atoms with Gasteiger partial charge >= 0.3 is 5.97 Å². The zero-order chi connectivity index (χ0) is 9.84. The molecule has 1 aliphatic rings. The summed E-state index contributed by atoms with van der Waals surface area (Å²) in [5, 5.41) is 20.7. The first-order chi connectivity index (χ1) is 6.08. The Hall–Kier alpha value is -0.610. The van der Waals surface area contributed by atoms with E-state index in [1.807, 2.05) is 6.92 Å². The van der Waals surface area contributed by atoms with Crippen molar-refractivity contribution in [2.45, 2.75) is 50.8 Å². The molecule has 76 valence electrons. The molecule has 0 aromatic heterocycles. The first-order valence-electron chi connectivity index (χ1n) is 4.74. The molecule has 0 heterocycles. The Morgan fingerprint density at radius 1 is 1.62 bits per heavy atom. The Morgan fingerprint density at radius 3 is 2.69 bits per heavy atom. The predicted molar refractivity (Wildman–Crippen MR) is 48.5 cm³/mol. The maximum absolute atomic E-state index is 10.3. The lowest BCUT2D eigenvalue weighted by molar-refractivity contribution is -0.137. The van der Waals surface area contributed by atoms with Crippen LogP contribution >= 0.6 is 0 Å². The van der Waals surface area contributed by atoms with Gasteiger partial charge in [-0.1, -0.05) is 0 Å². The number of aliphatic carboxylic acids is 1. The maximum Gasteiger partial charge on any atom is 0.303 e. The number of aliphatic hydroxyl groups is 1. The minimum atomic E-state index is -0.748. The highest BCUT2D eigenvalue weighted by molar-refractivity contribution is 5.66. The van der Waals surface area contributed by atoms with Crippen LogP contribution in [-0.2, 0) is 4.79 Å². The van der Waals surface area contributed by atoms with Crippen LogP contribution in [0.2, 0.25) is 0 Å². The SMILES string of the molecule is CC(CCC(=O)O)NC1CC(O)C1. The first kappa shape index (κ1) is 10.5. The minimum absolute atomic E-state index is 0.149. The molecule has 0 bridgehead atoms. The van der Waals surface area contributed by atoms with Crippen molar-refractivity contribution in [3.05, 3.63) is 0 Å². The number of aliphatic hydroxyl groups excluding tert-OH is 1. The minimum Gasteiger partial charge on any atom is -0.481 e. The van der Waals surface area contributed by atoms with Crippen molar-refractivity contribution in [1.29, 1.82) is 0 Å². The smallest absolute Gasteiger partial charge is 0.303 e. The lowest BCUT2D eigenvalue weighted by atomic mass is 9.89. The Labute approximate surface area is 78.0 Å². The van der Waals surface area contributed by atoms with E-state index >= 15 is 0 Å². The molecular weight excluding hydrogens is 170 g/mol. The topological polar surface area (TPSA) is 69.6 Å². The van der Waals surface area contributed by atoms with Gasteiger partial charge in [-0.3, -0.25) is 4.79 Å². The Kier molecular flexibility index (Phi) is 3.69. The van der Waals surface area contributed by atoms with E-state index in [2.05, 4.69) is 5.32 Å². The number of rotatable bonds is 5. The molecular formula is C9H17NO3. The molecule has 0 saturated heterocycles. The van der Waals surface area contributed by atoms with Gasteiger partial charge in [0.05, 0.1) is 6.10 Å². The van der Waals surface area contributed by atoms with Gasteiger partial charge < -0.3 is 15.5 Å². The van der Waals surface area contributed by atoms with E-state index in [0.29, 0.717) is 12.5 Å². The van der Waals surface area contributed by atoms with Crippen LogP contribution in [0.4, 0.5) is 0 Å². The van der Waals surface area contributed by atoms with Crippen LogP contribution < -0.4 is 5.32 Å². The van der Waals surface area contributed by atoms with E-state index < -0.39 is 5.97 Å². The molecule has 4 nitrogen and oxygen atoms in total. The molecule has 0 aliphatic heterocycles. The quantitative estimate of drug-likeness (QED) is 0.581. The summed E-state index contributed by atoms with van der Waals surface area (Å²) in [6.07, 6.45) is 2.32. The van der Waals surface area contributed by atoms with Crippen molar-refractivity contribution in [1.82, 2.24) is 5.32 Å². The fourth-order valence-corrected chi connectivity index (χ4v) is 1.55. The van der Waals surface area contributed by atoms with Crippen molar-refractivity contribution < 1.29 is 15.0 Å². The molecule has 13 heavy (non-hydrogen) atoms. The molecule has 3 N–H and O–H groups in total. The molecule has 1 atom stereocenters. The molecule has 0 amide bonds. The average molecular weight is 187 g/mol. The van der Waals surface area contributed by atoms with Gasteiger partial charge in [-0.25, -0.2) is 0 Å². The summed E-state index contributed by atoms with van der Waals surface area (Å²) in [5.41, 5.74) is 0. The third-order valence-electron chi connectivity index (χ3n) is 2.42. The van der Waals surface area contributed by atoms with Gasteiger partial charge in [-0.05, 0) is 26.2 Å². The number of carboxylic acid groups (broad SMARTS) is 1. The van der Waals surface area contributed by atoms with Crippen LogP contribution in [0, 0.1) is 0 Å². The van der Waals surface area contributed by atoms with Gasteiger partial charge in [0.25, 0.3) is 0 Å². The second kappa shape index (κ2) is 4.58. The van der Waals surface area contributed by atoms with Crippen molar-refractivity contribution in [2.24, 2.45) is 0 Å². The summed E-state index contributed by atoms with van der Waals surface area (Å²) in [6.45, 7) is 1.98. The number of carbonyl (C=O) groups is 1. The van der Waals surface area contributed by atoms with E-state index in [1.54, 1.807) is 0 Å². The van der Waals surface area contributed by atoms with Crippen molar-refractivity contribution in [2.75, 3.05) is 0 Å². The van der Waals surface area contributed by atoms with Crippen molar-refractivity contribution >= 4 is 5.97 Å². The predicted octanol–water partition coefficient (Wildman–Crippen LogP) is 0.353. The summed E-state index contributed by atoms with van der Waals surface area (Å²) >= 11 is 0. The van der Waals surface area contributed by atoms with E-state index in [9.17, 15) is 4.79 Å². The average Bonchev–Trinajstić information content (AvgIpc) is 1.98. The largest absolute Gasteiger partial charge is 0.481 e. The molecule has 1 rings (SSSR count).